The van der Waals surface area contributed by atoms with Crippen LogP contribution in [-0.4, -0.2) is 34.9 Å². The fraction of sp³-hybridized carbons (Fsp3) is 0.385. The fourth-order valence-corrected chi connectivity index (χ4v) is 2.31. The number of benzene rings is 1. The van der Waals surface area contributed by atoms with E-state index in [1.54, 1.807) is 0 Å². The first kappa shape index (κ1) is 15.1. The number of Topliss-reactive ketones (excluding diaryl/α,β-unsaturated/α-hetero) is 1. The predicted octanol–water partition coefficient (Wildman–Crippen LogP) is 3.22. The van der Waals surface area contributed by atoms with Crippen LogP contribution in [0.25, 0.3) is 0 Å². The summed E-state index contributed by atoms with van der Waals surface area (Å²) in [6.07, 6.45) is 0. The molecule has 1 aromatic rings. The summed E-state index contributed by atoms with van der Waals surface area (Å²) in [6, 6.07) is 5.64. The van der Waals surface area contributed by atoms with Crippen LogP contribution < -0.4 is 0 Å². The quantitative estimate of drug-likeness (QED) is 0.625. The van der Waals surface area contributed by atoms with Crippen molar-refractivity contribution in [1.82, 2.24) is 4.90 Å². The van der Waals surface area contributed by atoms with Crippen LogP contribution in [0, 0.1) is 11.7 Å². The molecular weight excluding hydrogens is 269 g/mol. The number of halogens is 1. The van der Waals surface area contributed by atoms with Crippen molar-refractivity contribution in [3.05, 3.63) is 35.6 Å². The number of nitrogens with zero attached hydrogens (tertiary/aromatic N) is 1. The van der Waals surface area contributed by atoms with Gasteiger partial charge in [-0.05, 0) is 24.3 Å². The normalized spacial score (nSPS) is 12.0. The first-order valence-corrected chi connectivity index (χ1v) is 6.95. The molecule has 0 aromatic heterocycles. The van der Waals surface area contributed by atoms with Crippen LogP contribution in [0.3, 0.4) is 0 Å². The van der Waals surface area contributed by atoms with Crippen molar-refractivity contribution in [2.45, 2.75) is 6.92 Å². The number of hydrogen-bond donors (Lipinski definition) is 0. The number of carbonyl (C=O) groups is 1. The maximum Gasteiger partial charge on any atom is 0.166 e. The molecule has 98 valence electrons. The lowest BCUT2D eigenvalue weighted by atomic mass is 10.0. The van der Waals surface area contributed by atoms with Crippen molar-refractivity contribution in [2.24, 2.45) is 5.92 Å². The van der Waals surface area contributed by atoms with Gasteiger partial charge in [-0.2, -0.15) is 0 Å². The zero-order valence-electron chi connectivity index (χ0n) is 10.6. The van der Waals surface area contributed by atoms with E-state index in [0.717, 1.165) is 4.32 Å². The third kappa shape index (κ3) is 4.38. The van der Waals surface area contributed by atoms with Gasteiger partial charge in [0, 0.05) is 31.3 Å². The molecule has 1 atom stereocenters. The van der Waals surface area contributed by atoms with E-state index in [2.05, 4.69) is 0 Å². The molecular formula is C13H16FNOS2. The summed E-state index contributed by atoms with van der Waals surface area (Å²) in [7, 11) is 3.75. The molecule has 0 fully saturated rings. The summed E-state index contributed by atoms with van der Waals surface area (Å²) in [5.74, 6) is 0.178. The molecule has 0 aliphatic rings. The standard InChI is InChI=1S/C13H16FNOS2/c1-9(8-18-13(17)15(2)3)12(16)10-4-6-11(14)7-5-10/h4-7,9H,8H2,1-3H3. The molecule has 18 heavy (non-hydrogen) atoms. The van der Waals surface area contributed by atoms with E-state index in [0.29, 0.717) is 11.3 Å². The Morgan fingerprint density at radius 1 is 1.39 bits per heavy atom. The van der Waals surface area contributed by atoms with Crippen molar-refractivity contribution in [3.8, 4) is 0 Å². The SMILES string of the molecule is CC(CSC(=S)N(C)C)C(=O)c1ccc(F)cc1. The number of hydrogen-bond acceptors (Lipinski definition) is 3. The number of thiocarbonyl (C=S) groups is 1. The van der Waals surface area contributed by atoms with Crippen LogP contribution >= 0.6 is 24.0 Å². The number of thioether (sulfide) groups is 1. The lowest BCUT2D eigenvalue weighted by Gasteiger charge is -2.15. The van der Waals surface area contributed by atoms with Gasteiger partial charge in [0.05, 0.1) is 0 Å². The summed E-state index contributed by atoms with van der Waals surface area (Å²) >= 11 is 6.63. The lowest BCUT2D eigenvalue weighted by Crippen LogP contribution is -2.20. The molecule has 2 nitrogen and oxygen atoms in total. The molecule has 0 N–H and O–H groups in total. The Bertz CT molecular complexity index is 431. The third-order valence-corrected chi connectivity index (χ3v) is 4.40. The van der Waals surface area contributed by atoms with Gasteiger partial charge in [-0.15, -0.1) is 0 Å². The minimum Gasteiger partial charge on any atom is -0.364 e. The Kier molecular flexibility index (Phi) is 5.75. The van der Waals surface area contributed by atoms with E-state index in [9.17, 15) is 9.18 Å². The van der Waals surface area contributed by atoms with Gasteiger partial charge in [-0.25, -0.2) is 4.39 Å². The van der Waals surface area contributed by atoms with Gasteiger partial charge in [0.25, 0.3) is 0 Å². The summed E-state index contributed by atoms with van der Waals surface area (Å²) in [5, 5.41) is 0. The van der Waals surface area contributed by atoms with Crippen molar-refractivity contribution in [1.29, 1.82) is 0 Å². The number of ketones is 1. The molecule has 0 spiro atoms. The second kappa shape index (κ2) is 6.85. The van der Waals surface area contributed by atoms with Gasteiger partial charge in [-0.1, -0.05) is 30.9 Å². The van der Waals surface area contributed by atoms with Gasteiger partial charge in [0.2, 0.25) is 0 Å². The molecule has 0 aliphatic carbocycles. The second-order valence-corrected chi connectivity index (χ2v) is 5.90. The van der Waals surface area contributed by atoms with E-state index < -0.39 is 0 Å². The Morgan fingerprint density at radius 2 is 1.94 bits per heavy atom. The Hall–Kier alpha value is -0.940. The van der Waals surface area contributed by atoms with Crippen LogP contribution in [0.4, 0.5) is 4.39 Å². The van der Waals surface area contributed by atoms with Crippen LogP contribution in [0.15, 0.2) is 24.3 Å². The minimum atomic E-state index is -0.331. The highest BCUT2D eigenvalue weighted by atomic mass is 32.2. The molecule has 1 aromatic carbocycles. The van der Waals surface area contributed by atoms with Gasteiger partial charge in [0.1, 0.15) is 10.1 Å². The number of carbonyl (C=O) groups excluding carboxylic acids is 1. The first-order valence-electron chi connectivity index (χ1n) is 5.55. The van der Waals surface area contributed by atoms with E-state index >= 15 is 0 Å². The Labute approximate surface area is 117 Å². The van der Waals surface area contributed by atoms with Crippen LogP contribution in [0.2, 0.25) is 0 Å². The molecule has 0 saturated heterocycles. The van der Waals surface area contributed by atoms with E-state index in [1.165, 1.54) is 36.0 Å². The summed E-state index contributed by atoms with van der Waals surface area (Å²) in [5.41, 5.74) is 0.542. The van der Waals surface area contributed by atoms with E-state index in [-0.39, 0.29) is 17.5 Å². The molecule has 5 heteroatoms. The highest BCUT2D eigenvalue weighted by molar-refractivity contribution is 8.22. The van der Waals surface area contributed by atoms with Gasteiger partial charge in [-0.3, -0.25) is 4.79 Å². The Balaban J connectivity index is 2.56. The van der Waals surface area contributed by atoms with Crippen molar-refractivity contribution < 1.29 is 9.18 Å². The minimum absolute atomic E-state index is 0.0176. The molecule has 0 amide bonds. The monoisotopic (exact) mass is 285 g/mol. The van der Waals surface area contributed by atoms with E-state index in [4.69, 9.17) is 12.2 Å². The zero-order chi connectivity index (χ0) is 13.7. The molecule has 0 heterocycles. The molecule has 0 saturated carbocycles. The summed E-state index contributed by atoms with van der Waals surface area (Å²) in [6.45, 7) is 1.86. The van der Waals surface area contributed by atoms with Gasteiger partial charge < -0.3 is 4.90 Å². The number of rotatable bonds is 4. The Morgan fingerprint density at radius 3 is 2.44 bits per heavy atom. The average Bonchev–Trinajstić information content (AvgIpc) is 2.35. The molecule has 0 radical (unpaired) electrons. The summed E-state index contributed by atoms with van der Waals surface area (Å²) < 4.78 is 13.5. The summed E-state index contributed by atoms with van der Waals surface area (Å²) in [4.78, 5) is 13.9. The maximum atomic E-state index is 12.8. The lowest BCUT2D eigenvalue weighted by molar-refractivity contribution is 0.0942. The second-order valence-electron chi connectivity index (χ2n) is 4.24. The first-order chi connectivity index (χ1) is 8.41. The smallest absolute Gasteiger partial charge is 0.166 e. The maximum absolute atomic E-state index is 12.8. The molecule has 0 bridgehead atoms. The highest BCUT2D eigenvalue weighted by Gasteiger charge is 2.16. The van der Waals surface area contributed by atoms with E-state index in [1.807, 2.05) is 25.9 Å². The van der Waals surface area contributed by atoms with Crippen LogP contribution in [0.5, 0.6) is 0 Å². The predicted molar refractivity (Wildman–Crippen MR) is 78.6 cm³/mol. The molecule has 1 unspecified atom stereocenters. The average molecular weight is 285 g/mol. The molecule has 0 aliphatic heterocycles. The largest absolute Gasteiger partial charge is 0.364 e. The third-order valence-electron chi connectivity index (χ3n) is 2.40. The van der Waals surface area contributed by atoms with Crippen molar-refractivity contribution in [3.63, 3.8) is 0 Å². The van der Waals surface area contributed by atoms with Crippen molar-refractivity contribution >= 4 is 34.1 Å². The van der Waals surface area contributed by atoms with Crippen LogP contribution in [0.1, 0.15) is 17.3 Å². The zero-order valence-corrected chi connectivity index (χ0v) is 12.3. The fourth-order valence-electron chi connectivity index (χ4n) is 1.30. The van der Waals surface area contributed by atoms with Gasteiger partial charge in [0.15, 0.2) is 5.78 Å². The molecule has 1 rings (SSSR count). The topological polar surface area (TPSA) is 20.3 Å². The van der Waals surface area contributed by atoms with Crippen LogP contribution in [-0.2, 0) is 0 Å². The highest BCUT2D eigenvalue weighted by Crippen LogP contribution is 2.17. The van der Waals surface area contributed by atoms with Gasteiger partial charge >= 0.3 is 0 Å². The van der Waals surface area contributed by atoms with Crippen molar-refractivity contribution in [2.75, 3.05) is 19.8 Å².